The van der Waals surface area contributed by atoms with Crippen molar-refractivity contribution in [3.05, 3.63) is 52.7 Å². The zero-order valence-electron chi connectivity index (χ0n) is 16.8. The van der Waals surface area contributed by atoms with Crippen LogP contribution in [0, 0.1) is 0 Å². The molecular weight excluding hydrogens is 426 g/mol. The van der Waals surface area contributed by atoms with Gasteiger partial charge >= 0.3 is 6.03 Å². The van der Waals surface area contributed by atoms with Gasteiger partial charge in [-0.05, 0) is 42.8 Å². The van der Waals surface area contributed by atoms with Crippen LogP contribution in [-0.2, 0) is 9.59 Å². The van der Waals surface area contributed by atoms with E-state index in [1.165, 1.54) is 25.3 Å². The number of methoxy groups -OCH3 is 1. The van der Waals surface area contributed by atoms with Crippen LogP contribution < -0.4 is 20.1 Å². The Labute approximate surface area is 183 Å². The molecule has 2 aromatic carbocycles. The van der Waals surface area contributed by atoms with Crippen molar-refractivity contribution in [1.29, 1.82) is 0 Å². The number of carbonyl (C=O) groups is 3. The Kier molecular flexibility index (Phi) is 6.66. The fourth-order valence-corrected chi connectivity index (χ4v) is 3.12. The number of nitrogens with zero attached hydrogens (tertiary/aromatic N) is 1. The van der Waals surface area contributed by atoms with Gasteiger partial charge in [-0.15, -0.1) is 0 Å². The Morgan fingerprint density at radius 1 is 1.26 bits per heavy atom. The van der Waals surface area contributed by atoms with E-state index in [-0.39, 0.29) is 22.2 Å². The molecule has 0 aromatic heterocycles. The van der Waals surface area contributed by atoms with Crippen molar-refractivity contribution in [2.24, 2.45) is 0 Å². The Morgan fingerprint density at radius 2 is 2.00 bits per heavy atom. The summed E-state index contributed by atoms with van der Waals surface area (Å²) in [4.78, 5) is 38.0. The topological polar surface area (TPSA) is 117 Å². The van der Waals surface area contributed by atoms with E-state index in [1.54, 1.807) is 31.2 Å². The lowest BCUT2D eigenvalue weighted by Crippen LogP contribution is -2.38. The zero-order chi connectivity index (χ0) is 22.5. The third kappa shape index (κ3) is 4.89. The van der Waals surface area contributed by atoms with E-state index in [9.17, 15) is 19.5 Å². The van der Waals surface area contributed by atoms with Crippen LogP contribution in [0.3, 0.4) is 0 Å². The molecule has 1 aliphatic rings. The van der Waals surface area contributed by atoms with Crippen LogP contribution in [-0.4, -0.2) is 48.1 Å². The summed E-state index contributed by atoms with van der Waals surface area (Å²) < 4.78 is 10.5. The molecule has 1 fully saturated rings. The predicted octanol–water partition coefficient (Wildman–Crippen LogP) is 2.98. The maximum Gasteiger partial charge on any atom is 0.329 e. The van der Waals surface area contributed by atoms with Crippen LogP contribution in [0.1, 0.15) is 12.5 Å². The molecule has 1 heterocycles. The third-order valence-electron chi connectivity index (χ3n) is 4.31. The van der Waals surface area contributed by atoms with E-state index in [0.29, 0.717) is 23.6 Å². The highest BCUT2D eigenvalue weighted by Crippen LogP contribution is 2.36. The molecule has 3 N–H and O–H groups in total. The highest BCUT2D eigenvalue weighted by molar-refractivity contribution is 6.32. The molecule has 3 rings (SSSR count). The molecule has 2 aromatic rings. The number of phenolic OH excluding ortho intramolecular Hbond substituents is 1. The molecule has 1 saturated heterocycles. The Bertz CT molecular complexity index is 1070. The maximum atomic E-state index is 12.6. The van der Waals surface area contributed by atoms with Crippen LogP contribution in [0.15, 0.2) is 42.1 Å². The Hall–Kier alpha value is -3.72. The first-order chi connectivity index (χ1) is 14.8. The molecule has 0 unspecified atom stereocenters. The molecule has 0 radical (unpaired) electrons. The van der Waals surface area contributed by atoms with Crippen LogP contribution >= 0.6 is 11.6 Å². The standard InChI is InChI=1S/C21H20ClN3O6/c1-3-31-17-10-12(8-13(22)19(17)27)9-15-20(28)25(21(29)24-15)11-18(26)23-14-6-4-5-7-16(14)30-2/h4-10,27H,3,11H2,1-2H3,(H,23,26)(H,24,29)/b15-9+. The molecule has 4 amide bonds. The van der Waals surface area contributed by atoms with Gasteiger partial charge in [0.05, 0.1) is 24.4 Å². The van der Waals surface area contributed by atoms with Crippen LogP contribution in [0.25, 0.3) is 6.08 Å². The average Bonchev–Trinajstić information content (AvgIpc) is 2.99. The highest BCUT2D eigenvalue weighted by atomic mass is 35.5. The van der Waals surface area contributed by atoms with E-state index < -0.39 is 24.4 Å². The smallest absolute Gasteiger partial charge is 0.329 e. The van der Waals surface area contributed by atoms with E-state index in [1.807, 2.05) is 0 Å². The molecule has 10 heteroatoms. The molecule has 0 saturated carbocycles. The second-order valence-corrected chi connectivity index (χ2v) is 6.82. The lowest BCUT2D eigenvalue weighted by atomic mass is 10.1. The Morgan fingerprint density at radius 3 is 2.71 bits per heavy atom. The number of hydrogen-bond donors (Lipinski definition) is 3. The van der Waals surface area contributed by atoms with Crippen molar-refractivity contribution in [3.8, 4) is 17.2 Å². The number of rotatable bonds is 7. The Balaban J connectivity index is 1.76. The van der Waals surface area contributed by atoms with Crippen LogP contribution in [0.4, 0.5) is 10.5 Å². The second-order valence-electron chi connectivity index (χ2n) is 6.41. The van der Waals surface area contributed by atoms with Gasteiger partial charge in [-0.1, -0.05) is 23.7 Å². The number of benzene rings is 2. The number of aromatic hydroxyl groups is 1. The summed E-state index contributed by atoms with van der Waals surface area (Å²) in [7, 11) is 1.46. The van der Waals surface area contributed by atoms with Crippen molar-refractivity contribution >= 4 is 41.2 Å². The van der Waals surface area contributed by atoms with Gasteiger partial charge in [0, 0.05) is 0 Å². The molecule has 0 atom stereocenters. The molecule has 9 nitrogen and oxygen atoms in total. The molecular formula is C21H20ClN3O6. The van der Waals surface area contributed by atoms with E-state index in [2.05, 4.69) is 10.6 Å². The predicted molar refractivity (Wildman–Crippen MR) is 114 cm³/mol. The van der Waals surface area contributed by atoms with Gasteiger partial charge in [0.1, 0.15) is 18.0 Å². The summed E-state index contributed by atoms with van der Waals surface area (Å²) in [6, 6.07) is 8.93. The van der Waals surface area contributed by atoms with E-state index in [0.717, 1.165) is 4.90 Å². The zero-order valence-corrected chi connectivity index (χ0v) is 17.5. The number of halogens is 1. The van der Waals surface area contributed by atoms with Crippen molar-refractivity contribution in [3.63, 3.8) is 0 Å². The highest BCUT2D eigenvalue weighted by Gasteiger charge is 2.35. The molecule has 0 spiro atoms. The SMILES string of the molecule is CCOc1cc(/C=C2/NC(=O)N(CC(=O)Nc3ccccc3OC)C2=O)cc(Cl)c1O. The molecule has 0 bridgehead atoms. The number of hydrogen-bond acceptors (Lipinski definition) is 6. The summed E-state index contributed by atoms with van der Waals surface area (Å²) in [6.45, 7) is 1.56. The number of para-hydroxylation sites is 2. The van der Waals surface area contributed by atoms with Crippen molar-refractivity contribution in [2.45, 2.75) is 6.92 Å². The molecule has 0 aliphatic carbocycles. The van der Waals surface area contributed by atoms with E-state index >= 15 is 0 Å². The number of urea groups is 1. The first-order valence-electron chi connectivity index (χ1n) is 9.26. The number of ether oxygens (including phenoxy) is 2. The lowest BCUT2D eigenvalue weighted by Gasteiger charge is -2.13. The fourth-order valence-electron chi connectivity index (χ4n) is 2.91. The van der Waals surface area contributed by atoms with Crippen molar-refractivity contribution in [1.82, 2.24) is 10.2 Å². The first-order valence-corrected chi connectivity index (χ1v) is 9.64. The number of phenols is 1. The number of nitrogens with one attached hydrogen (secondary N) is 2. The molecule has 1 aliphatic heterocycles. The summed E-state index contributed by atoms with van der Waals surface area (Å²) in [5.74, 6) is -0.875. The maximum absolute atomic E-state index is 12.6. The van der Waals surface area contributed by atoms with Gasteiger partial charge in [-0.3, -0.25) is 9.59 Å². The molecule has 31 heavy (non-hydrogen) atoms. The quantitative estimate of drug-likeness (QED) is 0.445. The van der Waals surface area contributed by atoms with Crippen LogP contribution in [0.2, 0.25) is 5.02 Å². The lowest BCUT2D eigenvalue weighted by molar-refractivity contribution is -0.127. The normalized spacial score (nSPS) is 14.5. The summed E-state index contributed by atoms with van der Waals surface area (Å²) in [6.07, 6.45) is 1.38. The van der Waals surface area contributed by atoms with Crippen molar-refractivity contribution < 1.29 is 29.0 Å². The molecule has 162 valence electrons. The van der Waals surface area contributed by atoms with Gasteiger partial charge in [-0.2, -0.15) is 0 Å². The third-order valence-corrected chi connectivity index (χ3v) is 4.59. The second kappa shape index (κ2) is 9.40. The summed E-state index contributed by atoms with van der Waals surface area (Å²) in [5, 5.41) is 15.0. The average molecular weight is 446 g/mol. The number of carbonyl (C=O) groups excluding carboxylic acids is 3. The van der Waals surface area contributed by atoms with Gasteiger partial charge < -0.3 is 25.2 Å². The monoisotopic (exact) mass is 445 g/mol. The fraction of sp³-hybridized carbons (Fsp3) is 0.190. The number of anilines is 1. The summed E-state index contributed by atoms with van der Waals surface area (Å²) in [5.41, 5.74) is 0.800. The minimum atomic E-state index is -0.735. The number of imide groups is 1. The van der Waals surface area contributed by atoms with E-state index in [4.69, 9.17) is 21.1 Å². The minimum absolute atomic E-state index is 0.0302. The van der Waals surface area contributed by atoms with Gasteiger partial charge in [0.25, 0.3) is 5.91 Å². The van der Waals surface area contributed by atoms with Crippen LogP contribution in [0.5, 0.6) is 17.2 Å². The first kappa shape index (κ1) is 22.0. The largest absolute Gasteiger partial charge is 0.503 e. The number of amides is 4. The summed E-state index contributed by atoms with van der Waals surface area (Å²) >= 11 is 6.00. The van der Waals surface area contributed by atoms with Crippen molar-refractivity contribution in [2.75, 3.05) is 25.6 Å². The van der Waals surface area contributed by atoms with Gasteiger partial charge in [0.15, 0.2) is 11.5 Å². The van der Waals surface area contributed by atoms with Gasteiger partial charge in [-0.25, -0.2) is 9.69 Å². The van der Waals surface area contributed by atoms with Gasteiger partial charge in [0.2, 0.25) is 5.91 Å². The minimum Gasteiger partial charge on any atom is -0.503 e.